The maximum atomic E-state index is 12.3. The molecule has 0 aliphatic carbocycles. The van der Waals surface area contributed by atoms with Crippen LogP contribution in [0.5, 0.6) is 0 Å². The van der Waals surface area contributed by atoms with Crippen LogP contribution in [0.15, 0.2) is 119 Å². The number of carboxylic acids is 1. The number of aromatic nitrogens is 1. The van der Waals surface area contributed by atoms with Gasteiger partial charge in [0.1, 0.15) is 5.69 Å². The Balaban J connectivity index is 1.19. The number of aliphatic hydroxyl groups is 1. The first-order valence-corrected chi connectivity index (χ1v) is 16.8. The fourth-order valence-corrected chi connectivity index (χ4v) is 6.31. The molecule has 1 fully saturated rings. The summed E-state index contributed by atoms with van der Waals surface area (Å²) in [5.41, 5.74) is 5.90. The smallest absolute Gasteiger partial charge is 0.303 e. The lowest BCUT2D eigenvalue weighted by molar-refractivity contribution is -0.245. The van der Waals surface area contributed by atoms with Crippen molar-refractivity contribution in [2.75, 3.05) is 11.1 Å². The van der Waals surface area contributed by atoms with Gasteiger partial charge in [-0.15, -0.1) is 0 Å². The molecule has 3 atom stereocenters. The first-order chi connectivity index (χ1) is 23.4. The van der Waals surface area contributed by atoms with Crippen molar-refractivity contribution in [2.45, 2.75) is 56.0 Å². The highest BCUT2D eigenvalue weighted by molar-refractivity contribution is 7.99. The number of rotatable bonds is 13. The van der Waals surface area contributed by atoms with Gasteiger partial charge in [0.15, 0.2) is 12.1 Å². The SMILES string of the molecule is O=C(O)CCCC(=O)Nc1ccc([C@@H]2O[C@H](CSc3nc(-c4ccccc4)c(-c4ccccc4)o3)C[C@H](c3ccc(CO)cc3)O2)cc1. The average Bonchev–Trinajstić information content (AvgIpc) is 3.56. The molecule has 0 bridgehead atoms. The molecule has 4 aromatic carbocycles. The molecule has 10 heteroatoms. The second-order valence-electron chi connectivity index (χ2n) is 11.5. The van der Waals surface area contributed by atoms with Crippen LogP contribution in [-0.2, 0) is 25.7 Å². The Labute approximate surface area is 282 Å². The third-order valence-electron chi connectivity index (χ3n) is 7.96. The molecule has 1 amide bonds. The Bertz CT molecular complexity index is 1740. The molecule has 1 aromatic heterocycles. The normalized spacial score (nSPS) is 17.6. The zero-order chi connectivity index (χ0) is 33.3. The van der Waals surface area contributed by atoms with Crippen LogP contribution >= 0.6 is 11.8 Å². The highest BCUT2D eigenvalue weighted by Crippen LogP contribution is 2.41. The van der Waals surface area contributed by atoms with Crippen LogP contribution in [0.1, 0.15) is 54.8 Å². The zero-order valence-electron chi connectivity index (χ0n) is 26.2. The number of benzene rings is 4. The van der Waals surface area contributed by atoms with Crippen LogP contribution in [0.4, 0.5) is 5.69 Å². The summed E-state index contributed by atoms with van der Waals surface area (Å²) >= 11 is 1.49. The van der Waals surface area contributed by atoms with E-state index in [-0.39, 0.29) is 44.0 Å². The number of carbonyl (C=O) groups excluding carboxylic acids is 1. The van der Waals surface area contributed by atoms with Crippen molar-refractivity contribution in [3.63, 3.8) is 0 Å². The minimum Gasteiger partial charge on any atom is -0.481 e. The molecule has 5 aromatic rings. The predicted octanol–water partition coefficient (Wildman–Crippen LogP) is 8.03. The Hall–Kier alpha value is -4.74. The number of nitrogens with zero attached hydrogens (tertiary/aromatic N) is 1. The van der Waals surface area contributed by atoms with Crippen LogP contribution in [0.25, 0.3) is 22.6 Å². The van der Waals surface area contributed by atoms with Crippen LogP contribution in [0.2, 0.25) is 0 Å². The molecule has 1 aliphatic heterocycles. The second-order valence-corrected chi connectivity index (χ2v) is 12.4. The van der Waals surface area contributed by atoms with Gasteiger partial charge >= 0.3 is 5.97 Å². The number of nitrogens with one attached hydrogen (secondary N) is 1. The predicted molar refractivity (Wildman–Crippen MR) is 183 cm³/mol. The molecule has 0 spiro atoms. The monoisotopic (exact) mass is 664 g/mol. The summed E-state index contributed by atoms with van der Waals surface area (Å²) in [6.07, 6.45) is -0.191. The van der Waals surface area contributed by atoms with E-state index >= 15 is 0 Å². The van der Waals surface area contributed by atoms with Crippen molar-refractivity contribution in [1.29, 1.82) is 0 Å². The van der Waals surface area contributed by atoms with Gasteiger partial charge in [0.05, 0.1) is 18.8 Å². The van der Waals surface area contributed by atoms with Gasteiger partial charge in [0.25, 0.3) is 5.22 Å². The van der Waals surface area contributed by atoms with E-state index in [1.165, 1.54) is 11.8 Å². The van der Waals surface area contributed by atoms with E-state index in [2.05, 4.69) is 5.32 Å². The van der Waals surface area contributed by atoms with Crippen molar-refractivity contribution in [3.05, 3.63) is 126 Å². The maximum Gasteiger partial charge on any atom is 0.303 e. The number of aliphatic carboxylic acids is 1. The Morgan fingerprint density at radius 1 is 0.812 bits per heavy atom. The summed E-state index contributed by atoms with van der Waals surface area (Å²) < 4.78 is 19.3. The number of carbonyl (C=O) groups is 2. The highest BCUT2D eigenvalue weighted by Gasteiger charge is 2.33. The van der Waals surface area contributed by atoms with Crippen molar-refractivity contribution >= 4 is 29.3 Å². The van der Waals surface area contributed by atoms with E-state index in [1.54, 1.807) is 12.1 Å². The molecule has 48 heavy (non-hydrogen) atoms. The number of hydrogen-bond acceptors (Lipinski definition) is 8. The molecule has 2 heterocycles. The summed E-state index contributed by atoms with van der Waals surface area (Å²) in [5.74, 6) is 0.118. The number of thioether (sulfide) groups is 1. The first kappa shape index (κ1) is 33.2. The Kier molecular flexibility index (Phi) is 11.0. The van der Waals surface area contributed by atoms with Gasteiger partial charge in [-0.1, -0.05) is 109 Å². The van der Waals surface area contributed by atoms with Crippen LogP contribution in [0, 0.1) is 0 Å². The van der Waals surface area contributed by atoms with E-state index in [9.17, 15) is 14.7 Å². The number of ether oxygens (including phenoxy) is 2. The molecule has 9 nitrogen and oxygen atoms in total. The maximum absolute atomic E-state index is 12.3. The van der Waals surface area contributed by atoms with Gasteiger partial charge in [-0.3, -0.25) is 9.59 Å². The summed E-state index contributed by atoms with van der Waals surface area (Å²) in [6.45, 7) is -0.0364. The van der Waals surface area contributed by atoms with Crippen molar-refractivity contribution in [1.82, 2.24) is 4.98 Å². The van der Waals surface area contributed by atoms with E-state index in [0.717, 1.165) is 33.5 Å². The summed E-state index contributed by atoms with van der Waals surface area (Å²) in [7, 11) is 0. The summed E-state index contributed by atoms with van der Waals surface area (Å²) in [5, 5.41) is 21.7. The van der Waals surface area contributed by atoms with Gasteiger partial charge in [-0.25, -0.2) is 4.98 Å². The highest BCUT2D eigenvalue weighted by atomic mass is 32.2. The third-order valence-corrected chi connectivity index (χ3v) is 8.92. The van der Waals surface area contributed by atoms with Gasteiger partial charge in [0, 0.05) is 47.4 Å². The molecule has 0 unspecified atom stereocenters. The Morgan fingerprint density at radius 3 is 2.15 bits per heavy atom. The molecule has 1 saturated heterocycles. The fraction of sp³-hybridized carbons (Fsp3) is 0.237. The van der Waals surface area contributed by atoms with E-state index in [4.69, 9.17) is 24.0 Å². The van der Waals surface area contributed by atoms with Gasteiger partial charge < -0.3 is 29.4 Å². The van der Waals surface area contributed by atoms with Crippen molar-refractivity contribution < 1.29 is 33.7 Å². The van der Waals surface area contributed by atoms with E-state index in [1.807, 2.05) is 97.1 Å². The quantitative estimate of drug-likeness (QED) is 0.107. The van der Waals surface area contributed by atoms with Crippen molar-refractivity contribution in [2.24, 2.45) is 0 Å². The third kappa shape index (κ3) is 8.59. The van der Waals surface area contributed by atoms with Gasteiger partial charge in [-0.05, 0) is 29.7 Å². The largest absolute Gasteiger partial charge is 0.481 e. The van der Waals surface area contributed by atoms with E-state index < -0.39 is 12.3 Å². The number of amides is 1. The Morgan fingerprint density at radius 2 is 1.48 bits per heavy atom. The lowest BCUT2D eigenvalue weighted by Gasteiger charge is -2.36. The number of oxazole rings is 1. The lowest BCUT2D eigenvalue weighted by atomic mass is 10.0. The second kappa shape index (κ2) is 15.9. The lowest BCUT2D eigenvalue weighted by Crippen LogP contribution is -2.31. The molecular formula is C38H36N2O7S. The molecule has 246 valence electrons. The minimum absolute atomic E-state index is 0.0364. The van der Waals surface area contributed by atoms with Gasteiger partial charge in [0.2, 0.25) is 5.91 Å². The molecule has 3 N–H and O–H groups in total. The summed E-state index contributed by atoms with van der Waals surface area (Å²) in [4.78, 5) is 27.9. The van der Waals surface area contributed by atoms with Crippen molar-refractivity contribution in [3.8, 4) is 22.6 Å². The van der Waals surface area contributed by atoms with Gasteiger partial charge in [-0.2, -0.15) is 0 Å². The topological polar surface area (TPSA) is 131 Å². The molecule has 0 saturated carbocycles. The number of anilines is 1. The van der Waals surface area contributed by atoms with Crippen LogP contribution in [0.3, 0.4) is 0 Å². The number of carboxylic acid groups (broad SMARTS) is 1. The fourth-order valence-electron chi connectivity index (χ4n) is 5.47. The summed E-state index contributed by atoms with van der Waals surface area (Å²) in [6, 6.07) is 34.9. The standard InChI is InChI=1S/C38H36N2O7S/c41-23-25-14-16-26(17-15-25)32-22-31(45-37(46-32)29-18-20-30(21-19-29)39-33(42)12-7-13-34(43)44)24-48-38-40-35(27-8-3-1-4-9-27)36(47-38)28-10-5-2-6-11-28/h1-6,8-11,14-21,31-32,37,41H,7,12-13,22-24H2,(H,39,42)(H,43,44)/t31-,32+,37+/m0/s1. The first-order valence-electron chi connectivity index (χ1n) is 15.8. The van der Waals surface area contributed by atoms with Crippen LogP contribution < -0.4 is 5.32 Å². The number of aliphatic hydroxyl groups excluding tert-OH is 1. The minimum atomic E-state index is -0.923. The zero-order valence-corrected chi connectivity index (χ0v) is 27.0. The van der Waals surface area contributed by atoms with E-state index in [0.29, 0.717) is 28.8 Å². The molecule has 6 rings (SSSR count). The number of hydrogen-bond donors (Lipinski definition) is 3. The van der Waals surface area contributed by atoms with Crippen LogP contribution in [-0.4, -0.2) is 38.9 Å². The molecular weight excluding hydrogens is 628 g/mol. The average molecular weight is 665 g/mol. The molecule has 0 radical (unpaired) electrons. The molecule has 1 aliphatic rings.